The van der Waals surface area contributed by atoms with Crippen LogP contribution in [-0.2, 0) is 15.9 Å². The number of aromatic nitrogens is 2. The van der Waals surface area contributed by atoms with E-state index in [1.807, 2.05) is 25.1 Å². The van der Waals surface area contributed by atoms with Gasteiger partial charge in [0.05, 0.1) is 11.7 Å². The molecule has 0 radical (unpaired) electrons. The summed E-state index contributed by atoms with van der Waals surface area (Å²) < 4.78 is 51.2. The molecule has 4 aromatic rings. The van der Waals surface area contributed by atoms with E-state index < -0.39 is 11.6 Å². The summed E-state index contributed by atoms with van der Waals surface area (Å²) in [6.45, 7) is 4.24. The van der Waals surface area contributed by atoms with Crippen LogP contribution in [0.5, 0.6) is 11.8 Å². The fraction of sp³-hybridized carbons (Fsp3) is 0.526. The van der Waals surface area contributed by atoms with E-state index in [9.17, 15) is 5.11 Å². The molecule has 4 aliphatic heterocycles. The van der Waals surface area contributed by atoms with Gasteiger partial charge >= 0.3 is 6.01 Å². The molecule has 1 aromatic heterocycles. The van der Waals surface area contributed by atoms with Crippen LogP contribution in [0.2, 0.25) is 0 Å². The van der Waals surface area contributed by atoms with E-state index >= 15 is 8.78 Å². The average molecular weight is 674 g/mol. The Bertz CT molecular complexity index is 1850. The fourth-order valence-electron chi connectivity index (χ4n) is 8.98. The van der Waals surface area contributed by atoms with E-state index in [1.54, 1.807) is 20.3 Å². The van der Waals surface area contributed by atoms with Crippen LogP contribution in [0.25, 0.3) is 32.8 Å². The van der Waals surface area contributed by atoms with Crippen molar-refractivity contribution >= 4 is 27.5 Å². The van der Waals surface area contributed by atoms with Crippen LogP contribution in [0.3, 0.4) is 0 Å². The molecule has 0 spiro atoms. The largest absolute Gasteiger partial charge is 0.508 e. The number of nitrogens with one attached hydrogen (secondary N) is 1. The number of phenolic OH excluding ortho intramolecular Hbond substituents is 1. The van der Waals surface area contributed by atoms with Crippen LogP contribution >= 0.6 is 0 Å². The second-order valence-corrected chi connectivity index (χ2v) is 14.3. The number of halogens is 2. The lowest BCUT2D eigenvalue weighted by Crippen LogP contribution is -2.51. The summed E-state index contributed by atoms with van der Waals surface area (Å²) in [5.74, 6) is -1.14. The number of hydrogen-bond acceptors (Lipinski definition) is 9. The van der Waals surface area contributed by atoms with Crippen LogP contribution in [0, 0.1) is 11.6 Å². The van der Waals surface area contributed by atoms with E-state index in [2.05, 4.69) is 20.1 Å². The molecule has 0 aliphatic carbocycles. The van der Waals surface area contributed by atoms with Gasteiger partial charge in [-0.2, -0.15) is 9.97 Å². The Hall–Kier alpha value is -3.64. The number of ether oxygens (including phenoxy) is 3. The number of piperazine rings is 1. The number of piperidine rings is 1. The SMILES string of the molecule is CCc1cccc2cc(O)cc(-c3c(F)cc4c(N5CC6CCC(C5)N6)nc(OC[C@@H](CN5C6CC[C@@H]5C[C@@H](OC)C6)OC)nc4c3F)c12. The number of methoxy groups -OCH3 is 2. The summed E-state index contributed by atoms with van der Waals surface area (Å²) in [4.78, 5) is 14.1. The van der Waals surface area contributed by atoms with E-state index in [0.29, 0.717) is 71.8 Å². The van der Waals surface area contributed by atoms with Gasteiger partial charge in [0.15, 0.2) is 5.82 Å². The van der Waals surface area contributed by atoms with Crippen molar-refractivity contribution in [3.05, 3.63) is 53.6 Å². The number of aryl methyl sites for hydroxylation is 1. The number of hydrogen-bond donors (Lipinski definition) is 2. The number of phenols is 1. The van der Waals surface area contributed by atoms with Gasteiger partial charge in [0, 0.05) is 63.4 Å². The third-order valence-electron chi connectivity index (χ3n) is 11.4. The standard InChI is InChI=1S/C38H45F2N5O4/c1-4-21-6-5-7-22-12-27(46)15-30(33(21)22)34-32(39)16-31-36(35(34)40)42-38(43-37(31)44-17-23-8-9-24(18-44)41-23)49-20-29(48-3)19-45-25-10-11-26(45)14-28(13-25)47-2/h5-7,12,15-16,23-26,28-29,41,46H,4,8-11,13-14,17-20H2,1-3H3/t23?,24?,25-,26?,28-,29-/m1/s1. The van der Waals surface area contributed by atoms with Crippen molar-refractivity contribution in [2.24, 2.45) is 0 Å². The molecule has 9 nitrogen and oxygen atoms in total. The predicted octanol–water partition coefficient (Wildman–Crippen LogP) is 5.97. The Labute approximate surface area is 285 Å². The van der Waals surface area contributed by atoms with Crippen LogP contribution in [-0.4, -0.2) is 96.8 Å². The minimum absolute atomic E-state index is 0.0126. The Morgan fingerprint density at radius 2 is 1.76 bits per heavy atom. The smallest absolute Gasteiger partial charge is 0.319 e. The van der Waals surface area contributed by atoms with Crippen molar-refractivity contribution in [1.29, 1.82) is 0 Å². The summed E-state index contributed by atoms with van der Waals surface area (Å²) >= 11 is 0. The summed E-state index contributed by atoms with van der Waals surface area (Å²) in [6.07, 6.45) is 7.13. The molecule has 4 fully saturated rings. The monoisotopic (exact) mass is 673 g/mol. The molecule has 6 atom stereocenters. The number of fused-ring (bicyclic) bond motifs is 6. The zero-order chi connectivity index (χ0) is 33.8. The maximum Gasteiger partial charge on any atom is 0.319 e. The van der Waals surface area contributed by atoms with Gasteiger partial charge in [-0.15, -0.1) is 0 Å². The maximum atomic E-state index is 17.0. The van der Waals surface area contributed by atoms with Crippen molar-refractivity contribution < 1.29 is 28.1 Å². The second kappa shape index (κ2) is 13.2. The Kier molecular flexibility index (Phi) is 8.80. The third-order valence-corrected chi connectivity index (χ3v) is 11.4. The van der Waals surface area contributed by atoms with Crippen molar-refractivity contribution in [2.45, 2.75) is 88.2 Å². The normalized spacial score (nSPS) is 25.8. The highest BCUT2D eigenvalue weighted by molar-refractivity contribution is 6.03. The van der Waals surface area contributed by atoms with Gasteiger partial charge in [-0.1, -0.05) is 25.1 Å². The Balaban J connectivity index is 1.18. The van der Waals surface area contributed by atoms with Gasteiger partial charge in [0.25, 0.3) is 0 Å². The Morgan fingerprint density at radius 1 is 1.00 bits per heavy atom. The number of anilines is 1. The van der Waals surface area contributed by atoms with E-state index in [4.69, 9.17) is 19.2 Å². The molecule has 4 bridgehead atoms. The van der Waals surface area contributed by atoms with Gasteiger partial charge in [-0.3, -0.25) is 4.90 Å². The number of rotatable bonds is 10. The van der Waals surface area contributed by atoms with Crippen LogP contribution in [0.4, 0.5) is 14.6 Å². The molecule has 2 N–H and O–H groups in total. The number of nitrogens with zero attached hydrogens (tertiary/aromatic N) is 4. The zero-order valence-electron chi connectivity index (χ0n) is 28.4. The molecule has 5 heterocycles. The van der Waals surface area contributed by atoms with E-state index in [0.717, 1.165) is 44.1 Å². The summed E-state index contributed by atoms with van der Waals surface area (Å²) in [6, 6.07) is 11.6. The highest BCUT2D eigenvalue weighted by Crippen LogP contribution is 2.42. The molecule has 0 saturated carbocycles. The third kappa shape index (κ3) is 5.98. The number of benzene rings is 3. The first-order valence-electron chi connectivity index (χ1n) is 17.7. The van der Waals surface area contributed by atoms with Crippen molar-refractivity contribution in [3.8, 4) is 22.9 Å². The van der Waals surface area contributed by atoms with Crippen molar-refractivity contribution in [1.82, 2.24) is 20.2 Å². The van der Waals surface area contributed by atoms with Gasteiger partial charge in [-0.05, 0) is 85.0 Å². The summed E-state index contributed by atoms with van der Waals surface area (Å²) in [5, 5.41) is 16.0. The molecule has 0 amide bonds. The predicted molar refractivity (Wildman–Crippen MR) is 185 cm³/mol. The lowest BCUT2D eigenvalue weighted by molar-refractivity contribution is -0.0299. The molecule has 11 heteroatoms. The molecule has 3 unspecified atom stereocenters. The van der Waals surface area contributed by atoms with Gasteiger partial charge in [0.2, 0.25) is 0 Å². The molecular weight excluding hydrogens is 628 g/mol. The summed E-state index contributed by atoms with van der Waals surface area (Å²) in [5.41, 5.74) is 0.982. The van der Waals surface area contributed by atoms with E-state index in [1.165, 1.54) is 12.1 Å². The number of aromatic hydroxyl groups is 1. The van der Waals surface area contributed by atoms with E-state index in [-0.39, 0.29) is 47.6 Å². The van der Waals surface area contributed by atoms with Gasteiger partial charge in [-0.25, -0.2) is 8.78 Å². The van der Waals surface area contributed by atoms with Gasteiger partial charge in [0.1, 0.15) is 35.6 Å². The molecule has 4 saturated heterocycles. The van der Waals surface area contributed by atoms with Crippen molar-refractivity contribution in [3.63, 3.8) is 0 Å². The minimum Gasteiger partial charge on any atom is -0.508 e. The topological polar surface area (TPSA) is 92.2 Å². The van der Waals surface area contributed by atoms with Gasteiger partial charge < -0.3 is 29.5 Å². The van der Waals surface area contributed by atoms with Crippen LogP contribution in [0.1, 0.15) is 51.0 Å². The Morgan fingerprint density at radius 3 is 2.45 bits per heavy atom. The highest BCUT2D eigenvalue weighted by atomic mass is 19.1. The first-order chi connectivity index (χ1) is 23.8. The molecule has 3 aromatic carbocycles. The molecule has 8 rings (SSSR count). The second-order valence-electron chi connectivity index (χ2n) is 14.3. The molecule has 4 aliphatic rings. The maximum absolute atomic E-state index is 17.0. The molecule has 260 valence electrons. The molecule has 49 heavy (non-hydrogen) atoms. The average Bonchev–Trinajstić information content (AvgIpc) is 3.55. The minimum atomic E-state index is -0.805. The fourth-order valence-corrected chi connectivity index (χ4v) is 8.98. The highest BCUT2D eigenvalue weighted by Gasteiger charge is 2.42. The lowest BCUT2D eigenvalue weighted by Gasteiger charge is -2.39. The molecular formula is C38H45F2N5O4. The first kappa shape index (κ1) is 32.6. The quantitative estimate of drug-likeness (QED) is 0.211. The zero-order valence-corrected chi connectivity index (χ0v) is 28.4. The summed E-state index contributed by atoms with van der Waals surface area (Å²) in [7, 11) is 3.48. The first-order valence-corrected chi connectivity index (χ1v) is 17.7. The van der Waals surface area contributed by atoms with Crippen molar-refractivity contribution in [2.75, 3.05) is 45.4 Å². The van der Waals surface area contributed by atoms with Crippen LogP contribution < -0.4 is 15.0 Å². The lowest BCUT2D eigenvalue weighted by atomic mass is 9.92. The van der Waals surface area contributed by atoms with Crippen LogP contribution in [0.15, 0.2) is 36.4 Å².